The van der Waals surface area contributed by atoms with Crippen LogP contribution in [0.2, 0.25) is 0 Å². The van der Waals surface area contributed by atoms with Crippen LogP contribution in [0.4, 0.5) is 0 Å². The van der Waals surface area contributed by atoms with Crippen LogP contribution in [0.25, 0.3) is 0 Å². The highest BCUT2D eigenvalue weighted by Gasteiger charge is 2.13. The number of benzene rings is 2. The Hall–Kier alpha value is -1.19. The van der Waals surface area contributed by atoms with Gasteiger partial charge in [0, 0.05) is 4.47 Å². The molecule has 4 heteroatoms. The van der Waals surface area contributed by atoms with E-state index in [0.29, 0.717) is 0 Å². The molecule has 2 nitrogen and oxygen atoms in total. The Balaban J connectivity index is 2.16. The molecule has 106 valence electrons. The first-order chi connectivity index (χ1) is 9.63. The average Bonchev–Trinajstić information content (AvgIpc) is 2.48. The van der Waals surface area contributed by atoms with Crippen LogP contribution in [0, 0.1) is 0 Å². The maximum atomic E-state index is 6.53. The smallest absolute Gasteiger partial charge is 0.119 e. The van der Waals surface area contributed by atoms with Gasteiger partial charge in [0.05, 0.1) is 19.6 Å². The highest BCUT2D eigenvalue weighted by atomic mass is 79.9. The van der Waals surface area contributed by atoms with Gasteiger partial charge in [-0.15, -0.1) is 11.6 Å². The number of rotatable bonds is 5. The molecule has 0 saturated carbocycles. The molecule has 0 spiro atoms. The van der Waals surface area contributed by atoms with Gasteiger partial charge in [0.1, 0.15) is 11.5 Å². The molecule has 0 aromatic heterocycles. The number of ether oxygens (including phenoxy) is 2. The lowest BCUT2D eigenvalue weighted by Gasteiger charge is -2.13. The number of alkyl halides is 1. The normalized spacial score (nSPS) is 12.0. The summed E-state index contributed by atoms with van der Waals surface area (Å²) in [4.78, 5) is 0. The van der Waals surface area contributed by atoms with Crippen LogP contribution in [-0.4, -0.2) is 14.2 Å². The summed E-state index contributed by atoms with van der Waals surface area (Å²) in [6.07, 6.45) is 0.747. The van der Waals surface area contributed by atoms with Gasteiger partial charge in [0.25, 0.3) is 0 Å². The maximum Gasteiger partial charge on any atom is 0.119 e. The number of halogens is 2. The molecule has 2 aromatic carbocycles. The third kappa shape index (κ3) is 3.68. The summed E-state index contributed by atoms with van der Waals surface area (Å²) in [5, 5.41) is -0.118. The lowest BCUT2D eigenvalue weighted by atomic mass is 10.0. The van der Waals surface area contributed by atoms with E-state index in [1.807, 2.05) is 42.5 Å². The van der Waals surface area contributed by atoms with Crippen molar-refractivity contribution in [3.63, 3.8) is 0 Å². The van der Waals surface area contributed by atoms with E-state index in [4.69, 9.17) is 21.1 Å². The van der Waals surface area contributed by atoms with E-state index in [1.54, 1.807) is 14.2 Å². The van der Waals surface area contributed by atoms with Crippen LogP contribution < -0.4 is 9.47 Å². The largest absolute Gasteiger partial charge is 0.497 e. The molecular formula is C16H16BrClO2. The summed E-state index contributed by atoms with van der Waals surface area (Å²) in [5.41, 5.74) is 2.20. The Morgan fingerprint density at radius 3 is 2.20 bits per heavy atom. The quantitative estimate of drug-likeness (QED) is 0.704. The Morgan fingerprint density at radius 2 is 1.60 bits per heavy atom. The minimum atomic E-state index is -0.118. The van der Waals surface area contributed by atoms with E-state index in [-0.39, 0.29) is 5.38 Å². The highest BCUT2D eigenvalue weighted by Crippen LogP contribution is 2.33. The topological polar surface area (TPSA) is 18.5 Å². The molecular weight excluding hydrogens is 340 g/mol. The van der Waals surface area contributed by atoms with Crippen molar-refractivity contribution in [2.45, 2.75) is 11.8 Å². The van der Waals surface area contributed by atoms with Crippen LogP contribution >= 0.6 is 27.5 Å². The third-order valence-corrected chi connectivity index (χ3v) is 4.23. The van der Waals surface area contributed by atoms with E-state index in [1.165, 1.54) is 5.56 Å². The second kappa shape index (κ2) is 7.00. The molecule has 1 unspecified atom stereocenters. The molecule has 0 N–H and O–H groups in total. The first kappa shape index (κ1) is 15.2. The molecule has 20 heavy (non-hydrogen) atoms. The Morgan fingerprint density at radius 1 is 1.00 bits per heavy atom. The summed E-state index contributed by atoms with van der Waals surface area (Å²) in [6, 6.07) is 13.8. The van der Waals surface area contributed by atoms with Crippen LogP contribution in [0.15, 0.2) is 46.9 Å². The van der Waals surface area contributed by atoms with E-state index in [2.05, 4.69) is 15.9 Å². The second-order valence-electron chi connectivity index (χ2n) is 4.41. The molecule has 1 atom stereocenters. The summed E-state index contributed by atoms with van der Waals surface area (Å²) in [5.74, 6) is 1.66. The maximum absolute atomic E-state index is 6.53. The predicted molar refractivity (Wildman–Crippen MR) is 86.0 cm³/mol. The van der Waals surface area contributed by atoms with Crippen molar-refractivity contribution in [2.24, 2.45) is 0 Å². The highest BCUT2D eigenvalue weighted by molar-refractivity contribution is 9.10. The fourth-order valence-electron chi connectivity index (χ4n) is 1.97. The molecule has 0 amide bonds. The van der Waals surface area contributed by atoms with Crippen molar-refractivity contribution in [3.8, 4) is 11.5 Å². The zero-order chi connectivity index (χ0) is 14.5. The fraction of sp³-hybridized carbons (Fsp3) is 0.250. The van der Waals surface area contributed by atoms with Crippen LogP contribution in [0.5, 0.6) is 11.5 Å². The van der Waals surface area contributed by atoms with Gasteiger partial charge in [-0.3, -0.25) is 0 Å². The Bertz CT molecular complexity index is 569. The third-order valence-electron chi connectivity index (χ3n) is 3.11. The molecule has 0 aliphatic carbocycles. The first-order valence-electron chi connectivity index (χ1n) is 6.24. The van der Waals surface area contributed by atoms with Gasteiger partial charge in [0.2, 0.25) is 0 Å². The van der Waals surface area contributed by atoms with Crippen LogP contribution in [0.3, 0.4) is 0 Å². The number of methoxy groups -OCH3 is 2. The van der Waals surface area contributed by atoms with Crippen molar-refractivity contribution in [2.75, 3.05) is 14.2 Å². The first-order valence-corrected chi connectivity index (χ1v) is 7.47. The van der Waals surface area contributed by atoms with Gasteiger partial charge in [-0.05, 0) is 47.9 Å². The predicted octanol–water partition coefficient (Wildman–Crippen LogP) is 4.99. The average molecular weight is 356 g/mol. The summed E-state index contributed by atoms with van der Waals surface area (Å²) < 4.78 is 11.4. The summed E-state index contributed by atoms with van der Waals surface area (Å²) >= 11 is 10.1. The molecule has 0 heterocycles. The van der Waals surface area contributed by atoms with Crippen molar-refractivity contribution in [3.05, 3.63) is 58.1 Å². The minimum Gasteiger partial charge on any atom is -0.497 e. The van der Waals surface area contributed by atoms with Crippen LogP contribution in [0.1, 0.15) is 16.5 Å². The van der Waals surface area contributed by atoms with Crippen molar-refractivity contribution in [1.29, 1.82) is 0 Å². The molecule has 0 radical (unpaired) electrons. The van der Waals surface area contributed by atoms with E-state index < -0.39 is 0 Å². The lowest BCUT2D eigenvalue weighted by molar-refractivity contribution is 0.414. The Kier molecular flexibility index (Phi) is 5.32. The van der Waals surface area contributed by atoms with Gasteiger partial charge in [0.15, 0.2) is 0 Å². The summed E-state index contributed by atoms with van der Waals surface area (Å²) in [6.45, 7) is 0. The molecule has 0 bridgehead atoms. The van der Waals surface area contributed by atoms with E-state index in [0.717, 1.165) is 28.0 Å². The van der Waals surface area contributed by atoms with Crippen molar-refractivity contribution >= 4 is 27.5 Å². The van der Waals surface area contributed by atoms with Gasteiger partial charge in [-0.25, -0.2) is 0 Å². The van der Waals surface area contributed by atoms with Gasteiger partial charge in [-0.1, -0.05) is 28.1 Å². The fourth-order valence-corrected chi connectivity index (χ4v) is 2.98. The molecule has 0 aliphatic rings. The van der Waals surface area contributed by atoms with E-state index >= 15 is 0 Å². The molecule has 2 rings (SSSR count). The zero-order valence-corrected chi connectivity index (χ0v) is 13.7. The molecule has 0 fully saturated rings. The van der Waals surface area contributed by atoms with Crippen molar-refractivity contribution in [1.82, 2.24) is 0 Å². The zero-order valence-electron chi connectivity index (χ0n) is 11.4. The SMILES string of the molecule is COc1ccc(CC(Cl)c2cc(OC)ccc2Br)cc1. The summed E-state index contributed by atoms with van der Waals surface area (Å²) in [7, 11) is 3.31. The van der Waals surface area contributed by atoms with Gasteiger partial charge < -0.3 is 9.47 Å². The number of hydrogen-bond acceptors (Lipinski definition) is 2. The molecule has 2 aromatic rings. The van der Waals surface area contributed by atoms with Crippen molar-refractivity contribution < 1.29 is 9.47 Å². The monoisotopic (exact) mass is 354 g/mol. The minimum absolute atomic E-state index is 0.118. The molecule has 0 saturated heterocycles. The van der Waals surface area contributed by atoms with Gasteiger partial charge >= 0.3 is 0 Å². The van der Waals surface area contributed by atoms with E-state index in [9.17, 15) is 0 Å². The number of hydrogen-bond donors (Lipinski definition) is 0. The van der Waals surface area contributed by atoms with Crippen LogP contribution in [-0.2, 0) is 6.42 Å². The standard InChI is InChI=1S/C16H16BrClO2/c1-19-12-5-3-11(4-6-12)9-16(18)14-10-13(20-2)7-8-15(14)17/h3-8,10,16H,9H2,1-2H3. The van der Waals surface area contributed by atoms with Gasteiger partial charge in [-0.2, -0.15) is 0 Å². The Labute approximate surface area is 132 Å². The second-order valence-corrected chi connectivity index (χ2v) is 5.79. The molecule has 0 aliphatic heterocycles. The lowest BCUT2D eigenvalue weighted by Crippen LogP contribution is -1.98.